The zero-order valence-electron chi connectivity index (χ0n) is 10.2. The molecule has 16 heavy (non-hydrogen) atoms. The molecule has 1 saturated heterocycles. The number of piperidine rings is 1. The Morgan fingerprint density at radius 3 is 2.56 bits per heavy atom. The van der Waals surface area contributed by atoms with Crippen LogP contribution >= 0.6 is 0 Å². The summed E-state index contributed by atoms with van der Waals surface area (Å²) in [5, 5.41) is 2.96. The van der Waals surface area contributed by atoms with Gasteiger partial charge in [-0.05, 0) is 39.5 Å². The molecule has 0 saturated carbocycles. The van der Waals surface area contributed by atoms with E-state index in [1.54, 1.807) is 0 Å². The van der Waals surface area contributed by atoms with Crippen LogP contribution in [-0.2, 0) is 10.0 Å². The van der Waals surface area contributed by atoms with Crippen molar-refractivity contribution >= 4 is 10.0 Å². The van der Waals surface area contributed by atoms with Gasteiger partial charge < -0.3 is 10.2 Å². The molecule has 1 aliphatic rings. The van der Waals surface area contributed by atoms with Crippen molar-refractivity contribution in [3.63, 3.8) is 0 Å². The van der Waals surface area contributed by atoms with E-state index >= 15 is 0 Å². The summed E-state index contributed by atoms with van der Waals surface area (Å²) in [5.74, 6) is 0. The van der Waals surface area contributed by atoms with E-state index in [4.69, 9.17) is 0 Å². The third kappa shape index (κ3) is 4.37. The number of hydrogen-bond acceptors (Lipinski definition) is 4. The Bertz CT molecular complexity index is 286. The minimum atomic E-state index is -3.10. The molecule has 0 unspecified atom stereocenters. The number of likely N-dealkylation sites (N-methyl/N-ethyl adjacent to an activating group) is 1. The van der Waals surface area contributed by atoms with Crippen molar-refractivity contribution in [3.8, 4) is 0 Å². The largest absolute Gasteiger partial charge is 0.317 e. The molecule has 0 bridgehead atoms. The highest BCUT2D eigenvalue weighted by Gasteiger charge is 2.26. The number of rotatable bonds is 6. The first-order valence-electron chi connectivity index (χ1n) is 5.94. The molecule has 0 amide bonds. The van der Waals surface area contributed by atoms with E-state index in [9.17, 15) is 8.42 Å². The molecule has 0 aromatic heterocycles. The summed E-state index contributed by atoms with van der Waals surface area (Å²) >= 11 is 0. The number of nitrogens with zero attached hydrogens (tertiary/aromatic N) is 1. The molecule has 0 aromatic carbocycles. The van der Waals surface area contributed by atoms with Crippen molar-refractivity contribution < 1.29 is 8.42 Å². The first-order valence-corrected chi connectivity index (χ1v) is 7.48. The molecule has 1 rings (SSSR count). The zero-order chi connectivity index (χ0) is 12.0. The van der Waals surface area contributed by atoms with Gasteiger partial charge in [-0.1, -0.05) is 6.92 Å². The van der Waals surface area contributed by atoms with Crippen molar-refractivity contribution in [2.75, 3.05) is 39.8 Å². The molecule has 0 spiro atoms. The average Bonchev–Trinajstić information content (AvgIpc) is 2.30. The van der Waals surface area contributed by atoms with Crippen LogP contribution in [0.1, 0.15) is 19.8 Å². The predicted octanol–water partition coefficient (Wildman–Crippen LogP) is -0.390. The van der Waals surface area contributed by atoms with Crippen molar-refractivity contribution in [2.45, 2.75) is 25.0 Å². The van der Waals surface area contributed by atoms with Gasteiger partial charge in [0.25, 0.3) is 0 Å². The summed E-state index contributed by atoms with van der Waals surface area (Å²) in [4.78, 5) is 2.09. The Labute approximate surface area is 98.6 Å². The Kier molecular flexibility index (Phi) is 5.68. The van der Waals surface area contributed by atoms with Crippen LogP contribution in [0.5, 0.6) is 0 Å². The average molecular weight is 249 g/mol. The van der Waals surface area contributed by atoms with Gasteiger partial charge in [0.1, 0.15) is 0 Å². The maximum atomic E-state index is 11.9. The van der Waals surface area contributed by atoms with Crippen molar-refractivity contribution in [3.05, 3.63) is 0 Å². The normalized spacial score (nSPS) is 19.2. The van der Waals surface area contributed by atoms with Gasteiger partial charge in [0.15, 0.2) is 0 Å². The van der Waals surface area contributed by atoms with E-state index < -0.39 is 10.0 Å². The molecular formula is C10H23N3O2S. The number of nitrogens with one attached hydrogen (secondary N) is 2. The number of hydrogen-bond donors (Lipinski definition) is 2. The minimum Gasteiger partial charge on any atom is -0.317 e. The van der Waals surface area contributed by atoms with Gasteiger partial charge >= 0.3 is 0 Å². The third-order valence-electron chi connectivity index (χ3n) is 3.06. The molecule has 96 valence electrons. The fourth-order valence-electron chi connectivity index (χ4n) is 1.76. The second-order valence-electron chi connectivity index (χ2n) is 4.28. The van der Waals surface area contributed by atoms with Gasteiger partial charge in [-0.2, -0.15) is 0 Å². The molecule has 1 aliphatic heterocycles. The lowest BCUT2D eigenvalue weighted by Gasteiger charge is -2.23. The lowest BCUT2D eigenvalue weighted by Crippen LogP contribution is -2.43. The Hall–Kier alpha value is -0.170. The Morgan fingerprint density at radius 1 is 1.38 bits per heavy atom. The Balaban J connectivity index is 2.33. The molecule has 0 aromatic rings. The first kappa shape index (κ1) is 13.9. The minimum absolute atomic E-state index is 0.208. The highest BCUT2D eigenvalue weighted by molar-refractivity contribution is 7.90. The van der Waals surface area contributed by atoms with Crippen LogP contribution in [0.25, 0.3) is 0 Å². The van der Waals surface area contributed by atoms with Crippen LogP contribution in [0.15, 0.2) is 0 Å². The molecule has 1 heterocycles. The molecule has 0 radical (unpaired) electrons. The highest BCUT2D eigenvalue weighted by Crippen LogP contribution is 2.11. The standard InChI is InChI=1S/C10H23N3O2S/c1-3-13(2)9-8-12-16(14,15)10-4-6-11-7-5-10/h10-12H,3-9H2,1-2H3. The molecule has 0 atom stereocenters. The molecule has 5 nitrogen and oxygen atoms in total. The SMILES string of the molecule is CCN(C)CCNS(=O)(=O)C1CCNCC1. The lowest BCUT2D eigenvalue weighted by atomic mass is 10.2. The molecule has 0 aliphatic carbocycles. The van der Waals surface area contributed by atoms with E-state index in [1.165, 1.54) is 0 Å². The quantitative estimate of drug-likeness (QED) is 0.673. The van der Waals surface area contributed by atoms with Crippen LogP contribution in [0.3, 0.4) is 0 Å². The molecule has 6 heteroatoms. The van der Waals surface area contributed by atoms with E-state index in [-0.39, 0.29) is 5.25 Å². The second kappa shape index (κ2) is 6.54. The van der Waals surface area contributed by atoms with E-state index in [0.29, 0.717) is 6.54 Å². The van der Waals surface area contributed by atoms with Gasteiger partial charge in [-0.3, -0.25) is 0 Å². The fourth-order valence-corrected chi connectivity index (χ4v) is 3.23. The third-order valence-corrected chi connectivity index (χ3v) is 5.02. The lowest BCUT2D eigenvalue weighted by molar-refractivity contribution is 0.357. The van der Waals surface area contributed by atoms with Crippen LogP contribution in [0.4, 0.5) is 0 Å². The Morgan fingerprint density at radius 2 is 2.00 bits per heavy atom. The predicted molar refractivity (Wildman–Crippen MR) is 66.0 cm³/mol. The molecule has 1 fully saturated rings. The monoisotopic (exact) mass is 249 g/mol. The van der Waals surface area contributed by atoms with Crippen LogP contribution in [0, 0.1) is 0 Å². The molecular weight excluding hydrogens is 226 g/mol. The van der Waals surface area contributed by atoms with Crippen molar-refractivity contribution in [1.82, 2.24) is 14.9 Å². The van der Waals surface area contributed by atoms with Gasteiger partial charge in [-0.15, -0.1) is 0 Å². The number of sulfonamides is 1. The van der Waals surface area contributed by atoms with Gasteiger partial charge in [0, 0.05) is 13.1 Å². The summed E-state index contributed by atoms with van der Waals surface area (Å²) in [6, 6.07) is 0. The van der Waals surface area contributed by atoms with E-state index in [0.717, 1.165) is 39.0 Å². The van der Waals surface area contributed by atoms with E-state index in [2.05, 4.69) is 21.9 Å². The van der Waals surface area contributed by atoms with Crippen molar-refractivity contribution in [2.24, 2.45) is 0 Å². The highest BCUT2D eigenvalue weighted by atomic mass is 32.2. The van der Waals surface area contributed by atoms with Gasteiger partial charge in [-0.25, -0.2) is 13.1 Å². The maximum Gasteiger partial charge on any atom is 0.214 e. The van der Waals surface area contributed by atoms with Gasteiger partial charge in [0.05, 0.1) is 5.25 Å². The topological polar surface area (TPSA) is 61.4 Å². The smallest absolute Gasteiger partial charge is 0.214 e. The maximum absolute atomic E-state index is 11.9. The van der Waals surface area contributed by atoms with Crippen LogP contribution < -0.4 is 10.0 Å². The van der Waals surface area contributed by atoms with Crippen LogP contribution in [-0.4, -0.2) is 58.3 Å². The summed E-state index contributed by atoms with van der Waals surface area (Å²) in [5.41, 5.74) is 0. The van der Waals surface area contributed by atoms with E-state index in [1.807, 2.05) is 7.05 Å². The second-order valence-corrected chi connectivity index (χ2v) is 6.33. The fraction of sp³-hybridized carbons (Fsp3) is 1.00. The summed E-state index contributed by atoms with van der Waals surface area (Å²) in [6.07, 6.45) is 1.44. The first-order chi connectivity index (χ1) is 7.56. The van der Waals surface area contributed by atoms with Crippen molar-refractivity contribution in [1.29, 1.82) is 0 Å². The van der Waals surface area contributed by atoms with Crippen LogP contribution in [0.2, 0.25) is 0 Å². The molecule has 2 N–H and O–H groups in total. The van der Waals surface area contributed by atoms with Gasteiger partial charge in [0.2, 0.25) is 10.0 Å². The summed E-state index contributed by atoms with van der Waals surface area (Å²) in [7, 11) is -1.12. The summed E-state index contributed by atoms with van der Waals surface area (Å²) < 4.78 is 26.5. The summed E-state index contributed by atoms with van der Waals surface area (Å²) in [6.45, 7) is 5.88. The zero-order valence-corrected chi connectivity index (χ0v) is 11.0.